The van der Waals surface area contributed by atoms with E-state index in [1.807, 2.05) is 0 Å². The minimum absolute atomic E-state index is 0.0226. The molecular weight excluding hydrogens is 628 g/mol. The highest BCUT2D eigenvalue weighted by atomic mass is 16.5. The molecule has 14 nitrogen and oxygen atoms in total. The summed E-state index contributed by atoms with van der Waals surface area (Å²) >= 11 is 0. The van der Waals surface area contributed by atoms with Gasteiger partial charge >= 0.3 is 0 Å². The number of hydrogen-bond acceptors (Lipinski definition) is 14. The molecule has 10 unspecified atom stereocenters. The van der Waals surface area contributed by atoms with Crippen molar-refractivity contribution in [3.63, 3.8) is 0 Å². The average Bonchev–Trinajstić information content (AvgIpc) is 3.08. The van der Waals surface area contributed by atoms with E-state index in [-0.39, 0.29) is 52.5 Å². The highest BCUT2D eigenvalue weighted by Crippen LogP contribution is 2.15. The van der Waals surface area contributed by atoms with Crippen LogP contribution in [0.15, 0.2) is 0 Å². The minimum Gasteiger partial charge on any atom is -0.394 e. The van der Waals surface area contributed by atoms with E-state index in [0.717, 1.165) is 51.4 Å². The molecule has 10 N–H and O–H groups in total. The van der Waals surface area contributed by atoms with Gasteiger partial charge in [0.05, 0.1) is 50.8 Å². The first-order chi connectivity index (χ1) is 22.9. The molecule has 0 aromatic carbocycles. The maximum absolute atomic E-state index is 10.8. The fourth-order valence-corrected chi connectivity index (χ4v) is 5.51. The van der Waals surface area contributed by atoms with Crippen molar-refractivity contribution in [3.8, 4) is 0 Å². The Morgan fingerprint density at radius 2 is 0.833 bits per heavy atom. The topological polar surface area (TPSA) is 227 Å². The van der Waals surface area contributed by atoms with Crippen molar-refractivity contribution in [1.29, 1.82) is 0 Å². The summed E-state index contributed by atoms with van der Waals surface area (Å²) in [6.45, 7) is 8.01. The lowest BCUT2D eigenvalue weighted by atomic mass is 10.0. The molecule has 10 atom stereocenters. The Bertz CT molecular complexity index is 672. The summed E-state index contributed by atoms with van der Waals surface area (Å²) in [4.78, 5) is 3.28. The molecule has 14 heteroatoms. The van der Waals surface area contributed by atoms with Gasteiger partial charge in [-0.05, 0) is 24.7 Å². The summed E-state index contributed by atoms with van der Waals surface area (Å²) in [7, 11) is 0. The third-order valence-electron chi connectivity index (χ3n) is 8.93. The predicted octanol–water partition coefficient (Wildman–Crippen LogP) is -1.07. The first-order valence-corrected chi connectivity index (χ1v) is 18.1. The zero-order chi connectivity index (χ0) is 36.5. The predicted molar refractivity (Wildman–Crippen MR) is 183 cm³/mol. The summed E-state index contributed by atoms with van der Waals surface area (Å²) in [5.74, 6) is 0.758. The van der Waals surface area contributed by atoms with Gasteiger partial charge in [-0.15, -0.1) is 0 Å². The SMILES string of the molecule is CCCCC(CC)COCC(O)CN(CCN(CC(O)COCC(CC)CCCC)CC(O)C(O)C(O)CO)CC(O)C(O)C(O)CO. The Morgan fingerprint density at radius 3 is 1.12 bits per heavy atom. The van der Waals surface area contributed by atoms with Crippen LogP contribution in [-0.4, -0.2) is 189 Å². The normalized spacial score (nSPS) is 18.8. The molecule has 0 bridgehead atoms. The smallest absolute Gasteiger partial charge is 0.109 e. The van der Waals surface area contributed by atoms with Crippen molar-refractivity contribution in [3.05, 3.63) is 0 Å². The van der Waals surface area contributed by atoms with E-state index in [1.54, 1.807) is 9.80 Å². The highest BCUT2D eigenvalue weighted by molar-refractivity contribution is 4.82. The van der Waals surface area contributed by atoms with Crippen LogP contribution in [0.4, 0.5) is 0 Å². The van der Waals surface area contributed by atoms with Crippen molar-refractivity contribution in [2.24, 2.45) is 11.8 Å². The van der Waals surface area contributed by atoms with Gasteiger partial charge in [0.25, 0.3) is 0 Å². The lowest BCUT2D eigenvalue weighted by Crippen LogP contribution is -2.51. The van der Waals surface area contributed by atoms with Gasteiger partial charge in [-0.3, -0.25) is 9.80 Å². The quantitative estimate of drug-likeness (QED) is 0.0394. The van der Waals surface area contributed by atoms with Crippen LogP contribution in [0, 0.1) is 11.8 Å². The fraction of sp³-hybridized carbons (Fsp3) is 1.00. The van der Waals surface area contributed by atoms with Crippen LogP contribution in [0.25, 0.3) is 0 Å². The van der Waals surface area contributed by atoms with E-state index in [0.29, 0.717) is 25.0 Å². The molecule has 0 aliphatic rings. The first-order valence-electron chi connectivity index (χ1n) is 18.1. The fourth-order valence-electron chi connectivity index (χ4n) is 5.51. The lowest BCUT2D eigenvalue weighted by Gasteiger charge is -2.34. The second-order valence-electron chi connectivity index (χ2n) is 13.4. The standard InChI is InChI=1S/C34H72N2O12/c1-5-9-11-25(7-3)21-47-23-27(39)15-35(17-29(41)33(45)31(43)19-37)13-14-36(18-30(42)34(46)32(44)20-38)16-28(40)24-48-22-26(8-4)12-10-6-2/h25-34,37-46H,5-24H2,1-4H3. The van der Waals surface area contributed by atoms with Crippen molar-refractivity contribution in [2.45, 2.75) is 128 Å². The van der Waals surface area contributed by atoms with Gasteiger partial charge in [-0.2, -0.15) is 0 Å². The molecule has 0 saturated heterocycles. The number of unbranched alkanes of at least 4 members (excludes halogenated alkanes) is 2. The molecule has 290 valence electrons. The number of aliphatic hydroxyl groups is 10. The highest BCUT2D eigenvalue weighted by Gasteiger charge is 2.29. The summed E-state index contributed by atoms with van der Waals surface area (Å²) in [5, 5.41) is 102. The Hall–Kier alpha value is -0.560. The van der Waals surface area contributed by atoms with Gasteiger partial charge in [-0.1, -0.05) is 66.2 Å². The second-order valence-corrected chi connectivity index (χ2v) is 13.4. The third kappa shape index (κ3) is 21.6. The lowest BCUT2D eigenvalue weighted by molar-refractivity contribution is -0.0925. The summed E-state index contributed by atoms with van der Waals surface area (Å²) in [5.41, 5.74) is 0. The Morgan fingerprint density at radius 1 is 0.479 bits per heavy atom. The van der Waals surface area contributed by atoms with E-state index < -0.39 is 62.0 Å². The van der Waals surface area contributed by atoms with Gasteiger partial charge < -0.3 is 60.5 Å². The Balaban J connectivity index is 5.63. The van der Waals surface area contributed by atoms with Gasteiger partial charge in [0.15, 0.2) is 0 Å². The molecule has 0 aromatic rings. The van der Waals surface area contributed by atoms with E-state index in [2.05, 4.69) is 27.7 Å². The largest absolute Gasteiger partial charge is 0.394 e. The molecule has 0 saturated carbocycles. The van der Waals surface area contributed by atoms with Crippen LogP contribution in [0.1, 0.15) is 79.1 Å². The molecule has 48 heavy (non-hydrogen) atoms. The second kappa shape index (κ2) is 29.1. The summed E-state index contributed by atoms with van der Waals surface area (Å²) < 4.78 is 11.6. The van der Waals surface area contributed by atoms with E-state index in [1.165, 1.54) is 0 Å². The van der Waals surface area contributed by atoms with Crippen LogP contribution in [0.5, 0.6) is 0 Å². The number of ether oxygens (including phenoxy) is 2. The van der Waals surface area contributed by atoms with Gasteiger partial charge in [-0.25, -0.2) is 0 Å². The summed E-state index contributed by atoms with van der Waals surface area (Å²) in [6.07, 6.45) is -2.95. The van der Waals surface area contributed by atoms with Crippen molar-refractivity contribution in [2.75, 3.05) is 78.9 Å². The van der Waals surface area contributed by atoms with Gasteiger partial charge in [0, 0.05) is 52.5 Å². The zero-order valence-electron chi connectivity index (χ0n) is 30.1. The molecule has 0 fully saturated rings. The molecule has 0 aliphatic carbocycles. The monoisotopic (exact) mass is 701 g/mol. The van der Waals surface area contributed by atoms with E-state index in [4.69, 9.17) is 9.47 Å². The first kappa shape index (κ1) is 47.4. The number of aliphatic hydroxyl groups excluding tert-OH is 10. The molecule has 0 radical (unpaired) electrons. The van der Waals surface area contributed by atoms with Crippen LogP contribution in [0.2, 0.25) is 0 Å². The van der Waals surface area contributed by atoms with Crippen LogP contribution in [-0.2, 0) is 9.47 Å². The molecule has 0 heterocycles. The van der Waals surface area contributed by atoms with Crippen molar-refractivity contribution >= 4 is 0 Å². The Kier molecular flexibility index (Phi) is 28.7. The third-order valence-corrected chi connectivity index (χ3v) is 8.93. The maximum atomic E-state index is 10.8. The molecular formula is C34H72N2O12. The minimum atomic E-state index is -1.65. The van der Waals surface area contributed by atoms with E-state index in [9.17, 15) is 51.1 Å². The molecule has 0 amide bonds. The van der Waals surface area contributed by atoms with Gasteiger partial charge in [0.1, 0.15) is 24.4 Å². The van der Waals surface area contributed by atoms with Crippen molar-refractivity contribution < 1.29 is 60.5 Å². The van der Waals surface area contributed by atoms with Crippen LogP contribution in [0.3, 0.4) is 0 Å². The zero-order valence-corrected chi connectivity index (χ0v) is 30.1. The molecule has 0 rings (SSSR count). The molecule has 0 aromatic heterocycles. The molecule has 0 spiro atoms. The average molecular weight is 701 g/mol. The number of nitrogens with zero attached hydrogens (tertiary/aromatic N) is 2. The number of rotatable bonds is 33. The maximum Gasteiger partial charge on any atom is 0.109 e. The molecule has 0 aliphatic heterocycles. The van der Waals surface area contributed by atoms with Crippen molar-refractivity contribution in [1.82, 2.24) is 9.80 Å². The van der Waals surface area contributed by atoms with E-state index >= 15 is 0 Å². The van der Waals surface area contributed by atoms with Crippen LogP contribution >= 0.6 is 0 Å². The Labute approximate surface area is 288 Å². The van der Waals surface area contributed by atoms with Crippen LogP contribution < -0.4 is 0 Å². The van der Waals surface area contributed by atoms with Gasteiger partial charge in [0.2, 0.25) is 0 Å². The summed E-state index contributed by atoms with van der Waals surface area (Å²) in [6, 6.07) is 0. The number of hydrogen-bond donors (Lipinski definition) is 10.